The molecule has 1 saturated heterocycles. The molecule has 0 amide bonds. The van der Waals surface area contributed by atoms with Crippen LogP contribution in [0.5, 0.6) is 5.75 Å². The molecule has 1 radical (unpaired) electrons. The Hall–Kier alpha value is -1.80. The summed E-state index contributed by atoms with van der Waals surface area (Å²) in [6, 6.07) is 17.8. The zero-order valence-corrected chi connectivity index (χ0v) is 11.4. The van der Waals surface area contributed by atoms with Crippen molar-refractivity contribution < 1.29 is 4.74 Å². The van der Waals surface area contributed by atoms with Crippen LogP contribution in [-0.2, 0) is 0 Å². The predicted molar refractivity (Wildman–Crippen MR) is 79.9 cm³/mol. The molecule has 2 heterocycles. The van der Waals surface area contributed by atoms with E-state index >= 15 is 0 Å². The first kappa shape index (κ1) is 12.0. The van der Waals surface area contributed by atoms with Crippen LogP contribution < -0.4 is 10.1 Å². The molecule has 2 nitrogen and oxygen atoms in total. The molecule has 0 aromatic heterocycles. The summed E-state index contributed by atoms with van der Waals surface area (Å²) in [6.07, 6.45) is 1.15. The van der Waals surface area contributed by atoms with E-state index in [0.717, 1.165) is 31.9 Å². The van der Waals surface area contributed by atoms with E-state index in [9.17, 15) is 0 Å². The van der Waals surface area contributed by atoms with Gasteiger partial charge in [0.05, 0.1) is 6.61 Å². The zero-order chi connectivity index (χ0) is 13.4. The van der Waals surface area contributed by atoms with Crippen LogP contribution in [0.25, 0.3) is 11.1 Å². The summed E-state index contributed by atoms with van der Waals surface area (Å²) in [4.78, 5) is 0. The van der Waals surface area contributed by atoms with Gasteiger partial charge in [-0.2, -0.15) is 0 Å². The van der Waals surface area contributed by atoms with Crippen molar-refractivity contribution in [2.45, 2.75) is 12.3 Å². The normalized spacial score (nSPS) is 24.4. The van der Waals surface area contributed by atoms with Gasteiger partial charge in [-0.25, -0.2) is 0 Å². The standard InChI is InChI=1S/C18H18NO/c1-2-5-13(6-3-1)15-7-4-8-16-17-12-19-11-14(17)9-10-20-18(15)16/h1-2,4-8,14,17,19H,9-12H2. The molecule has 2 atom stereocenters. The van der Waals surface area contributed by atoms with Gasteiger partial charge in [0.15, 0.2) is 0 Å². The molecule has 0 aliphatic carbocycles. The van der Waals surface area contributed by atoms with E-state index in [4.69, 9.17) is 4.74 Å². The van der Waals surface area contributed by atoms with E-state index in [-0.39, 0.29) is 0 Å². The van der Waals surface area contributed by atoms with Crippen molar-refractivity contribution in [2.24, 2.45) is 5.92 Å². The number of hydrogen-bond acceptors (Lipinski definition) is 2. The third kappa shape index (κ3) is 1.92. The Labute approximate surface area is 119 Å². The second kappa shape index (κ2) is 4.95. The van der Waals surface area contributed by atoms with Gasteiger partial charge in [0.2, 0.25) is 0 Å². The first-order valence-electron chi connectivity index (χ1n) is 7.36. The Morgan fingerprint density at radius 1 is 1.15 bits per heavy atom. The molecule has 0 bridgehead atoms. The zero-order valence-electron chi connectivity index (χ0n) is 11.4. The number of rotatable bonds is 1. The monoisotopic (exact) mass is 264 g/mol. The summed E-state index contributed by atoms with van der Waals surface area (Å²) in [5.41, 5.74) is 3.76. The summed E-state index contributed by atoms with van der Waals surface area (Å²) in [7, 11) is 0. The molecule has 0 spiro atoms. The van der Waals surface area contributed by atoms with Crippen molar-refractivity contribution in [3.05, 3.63) is 54.1 Å². The van der Waals surface area contributed by atoms with Gasteiger partial charge in [-0.05, 0) is 42.1 Å². The molecule has 2 unspecified atom stereocenters. The summed E-state index contributed by atoms with van der Waals surface area (Å²) < 4.78 is 6.13. The SMILES string of the molecule is [c]1cccc(-c2cccc3c2OCCC2CNCC32)c1. The molecule has 1 N–H and O–H groups in total. The molecule has 20 heavy (non-hydrogen) atoms. The van der Waals surface area contributed by atoms with Crippen LogP contribution in [-0.4, -0.2) is 19.7 Å². The van der Waals surface area contributed by atoms with E-state index in [2.05, 4.69) is 35.6 Å². The van der Waals surface area contributed by atoms with Crippen molar-refractivity contribution in [1.82, 2.24) is 5.32 Å². The van der Waals surface area contributed by atoms with Crippen LogP contribution in [0.3, 0.4) is 0 Å². The summed E-state index contributed by atoms with van der Waals surface area (Å²) in [6.45, 7) is 3.02. The number of nitrogens with one attached hydrogen (secondary N) is 1. The number of ether oxygens (including phenoxy) is 1. The second-order valence-electron chi connectivity index (χ2n) is 5.68. The van der Waals surface area contributed by atoms with Gasteiger partial charge in [-0.3, -0.25) is 0 Å². The smallest absolute Gasteiger partial charge is 0.130 e. The Morgan fingerprint density at radius 3 is 3.05 bits per heavy atom. The molecule has 2 heteroatoms. The van der Waals surface area contributed by atoms with Crippen LogP contribution in [0.4, 0.5) is 0 Å². The van der Waals surface area contributed by atoms with Crippen molar-refractivity contribution in [3.63, 3.8) is 0 Å². The molecular weight excluding hydrogens is 246 g/mol. The minimum atomic E-state index is 0.597. The lowest BCUT2D eigenvalue weighted by Crippen LogP contribution is -2.11. The van der Waals surface area contributed by atoms with Gasteiger partial charge in [0.25, 0.3) is 0 Å². The Balaban J connectivity index is 1.85. The van der Waals surface area contributed by atoms with Crippen molar-refractivity contribution in [1.29, 1.82) is 0 Å². The van der Waals surface area contributed by atoms with E-state index in [1.54, 1.807) is 0 Å². The molecule has 4 rings (SSSR count). The molecule has 2 aromatic rings. The molecule has 2 aromatic carbocycles. The van der Waals surface area contributed by atoms with Crippen LogP contribution in [0.2, 0.25) is 0 Å². The molecule has 2 aliphatic heterocycles. The lowest BCUT2D eigenvalue weighted by atomic mass is 9.86. The lowest BCUT2D eigenvalue weighted by molar-refractivity contribution is 0.297. The molecule has 101 valence electrons. The highest BCUT2D eigenvalue weighted by Crippen LogP contribution is 2.43. The predicted octanol–water partition coefficient (Wildman–Crippen LogP) is 3.24. The fourth-order valence-corrected chi connectivity index (χ4v) is 3.51. The topological polar surface area (TPSA) is 21.3 Å². The van der Waals surface area contributed by atoms with Crippen molar-refractivity contribution in [2.75, 3.05) is 19.7 Å². The third-order valence-electron chi connectivity index (χ3n) is 4.54. The summed E-state index contributed by atoms with van der Waals surface area (Å²) >= 11 is 0. The van der Waals surface area contributed by atoms with Crippen molar-refractivity contribution >= 4 is 0 Å². The quantitative estimate of drug-likeness (QED) is 0.853. The minimum Gasteiger partial charge on any atom is -0.493 e. The van der Waals surface area contributed by atoms with Gasteiger partial charge in [0, 0.05) is 18.0 Å². The van der Waals surface area contributed by atoms with Crippen LogP contribution >= 0.6 is 0 Å². The van der Waals surface area contributed by atoms with Crippen LogP contribution in [0.1, 0.15) is 17.9 Å². The van der Waals surface area contributed by atoms with Gasteiger partial charge in [0.1, 0.15) is 5.75 Å². The summed E-state index contributed by atoms with van der Waals surface area (Å²) in [5.74, 6) is 2.40. The summed E-state index contributed by atoms with van der Waals surface area (Å²) in [5, 5.41) is 3.53. The van der Waals surface area contributed by atoms with E-state index in [1.807, 2.05) is 18.2 Å². The van der Waals surface area contributed by atoms with Gasteiger partial charge in [-0.1, -0.05) is 36.4 Å². The maximum atomic E-state index is 6.13. The Morgan fingerprint density at radius 2 is 2.15 bits per heavy atom. The molecule has 1 fully saturated rings. The van der Waals surface area contributed by atoms with E-state index in [0.29, 0.717) is 11.8 Å². The number of para-hydroxylation sites is 1. The first-order valence-corrected chi connectivity index (χ1v) is 7.36. The fraction of sp³-hybridized carbons (Fsp3) is 0.333. The maximum Gasteiger partial charge on any atom is 0.130 e. The van der Waals surface area contributed by atoms with Crippen LogP contribution in [0.15, 0.2) is 42.5 Å². The average Bonchev–Trinajstić information content (AvgIpc) is 2.90. The maximum absolute atomic E-state index is 6.13. The molecule has 0 saturated carbocycles. The highest BCUT2D eigenvalue weighted by atomic mass is 16.5. The number of hydrogen-bond donors (Lipinski definition) is 1. The highest BCUT2D eigenvalue weighted by molar-refractivity contribution is 5.72. The fourth-order valence-electron chi connectivity index (χ4n) is 3.51. The third-order valence-corrected chi connectivity index (χ3v) is 4.54. The number of benzene rings is 2. The molecular formula is C18H18NO. The Bertz CT molecular complexity index is 608. The second-order valence-corrected chi connectivity index (χ2v) is 5.68. The largest absolute Gasteiger partial charge is 0.493 e. The average molecular weight is 264 g/mol. The Kier molecular flexibility index (Phi) is 2.96. The first-order chi connectivity index (χ1) is 9.93. The van der Waals surface area contributed by atoms with Gasteiger partial charge >= 0.3 is 0 Å². The van der Waals surface area contributed by atoms with E-state index < -0.39 is 0 Å². The number of fused-ring (bicyclic) bond motifs is 3. The molecule has 2 aliphatic rings. The van der Waals surface area contributed by atoms with E-state index in [1.165, 1.54) is 16.7 Å². The highest BCUT2D eigenvalue weighted by Gasteiger charge is 2.33. The van der Waals surface area contributed by atoms with Gasteiger partial charge < -0.3 is 10.1 Å². The van der Waals surface area contributed by atoms with Gasteiger partial charge in [-0.15, -0.1) is 0 Å². The van der Waals surface area contributed by atoms with Crippen LogP contribution in [0, 0.1) is 12.0 Å². The minimum absolute atomic E-state index is 0.597. The van der Waals surface area contributed by atoms with Crippen molar-refractivity contribution in [3.8, 4) is 16.9 Å². The lowest BCUT2D eigenvalue weighted by Gasteiger charge is -2.18.